The van der Waals surface area contributed by atoms with Gasteiger partial charge in [-0.3, -0.25) is 14.4 Å². The van der Waals surface area contributed by atoms with E-state index in [0.29, 0.717) is 37.6 Å². The number of rotatable bonds is 3. The third-order valence-electron chi connectivity index (χ3n) is 5.89. The van der Waals surface area contributed by atoms with Crippen molar-refractivity contribution in [1.82, 2.24) is 0 Å². The molecule has 32 heavy (non-hydrogen) atoms. The number of hydrogen-bond donors (Lipinski definition) is 0. The smallest absolute Gasteiger partial charge is 0.266 e. The molecule has 0 aliphatic carbocycles. The van der Waals surface area contributed by atoms with Gasteiger partial charge in [-0.1, -0.05) is 65.1 Å². The summed E-state index contributed by atoms with van der Waals surface area (Å²) in [5.74, 6) is -1.58. The molecule has 2 aliphatic rings. The molecule has 2 heterocycles. The maximum Gasteiger partial charge on any atom is 0.266 e. The summed E-state index contributed by atoms with van der Waals surface area (Å²) in [6.45, 7) is 1.77. The molecule has 0 bridgehead atoms. The monoisotopic (exact) mass is 486 g/mol. The van der Waals surface area contributed by atoms with E-state index in [1.54, 1.807) is 48.4 Å². The summed E-state index contributed by atoms with van der Waals surface area (Å²) in [6.07, 6.45) is -0.988. The molecule has 8 heteroatoms. The molecule has 2 fully saturated rings. The predicted octanol–water partition coefficient (Wildman–Crippen LogP) is 6.01. The van der Waals surface area contributed by atoms with E-state index in [0.717, 1.165) is 0 Å². The Morgan fingerprint density at radius 1 is 0.844 bits per heavy atom. The van der Waals surface area contributed by atoms with Gasteiger partial charge in [0.15, 0.2) is 6.10 Å². The van der Waals surface area contributed by atoms with Gasteiger partial charge in [0.2, 0.25) is 5.91 Å². The number of halogens is 3. The van der Waals surface area contributed by atoms with Crippen molar-refractivity contribution in [1.29, 1.82) is 0 Å². The van der Waals surface area contributed by atoms with E-state index in [2.05, 4.69) is 0 Å². The maximum atomic E-state index is 13.7. The van der Waals surface area contributed by atoms with Gasteiger partial charge in [-0.25, -0.2) is 9.96 Å². The van der Waals surface area contributed by atoms with Crippen molar-refractivity contribution in [3.8, 4) is 0 Å². The van der Waals surface area contributed by atoms with Crippen molar-refractivity contribution in [2.45, 2.75) is 19.1 Å². The van der Waals surface area contributed by atoms with Crippen LogP contribution in [0.3, 0.4) is 0 Å². The number of hydroxylamine groups is 1. The summed E-state index contributed by atoms with van der Waals surface area (Å²) in [4.78, 5) is 34.4. The first-order chi connectivity index (χ1) is 15.4. The molecule has 2 saturated heterocycles. The summed E-state index contributed by atoms with van der Waals surface area (Å²) in [5.41, 5.74) is 2.47. The van der Waals surface area contributed by atoms with Crippen LogP contribution in [-0.2, 0) is 14.4 Å². The van der Waals surface area contributed by atoms with Gasteiger partial charge < -0.3 is 0 Å². The lowest BCUT2D eigenvalue weighted by molar-refractivity contribution is -0.126. The highest BCUT2D eigenvalue weighted by molar-refractivity contribution is 6.35. The molecule has 3 aromatic rings. The molecule has 2 amide bonds. The highest BCUT2D eigenvalue weighted by Crippen LogP contribution is 2.49. The number of carbonyl (C=O) groups excluding carboxylic acids is 2. The van der Waals surface area contributed by atoms with Crippen LogP contribution >= 0.6 is 34.8 Å². The topological polar surface area (TPSA) is 49.9 Å². The van der Waals surface area contributed by atoms with Crippen LogP contribution in [-0.4, -0.2) is 17.9 Å². The maximum absolute atomic E-state index is 13.7. The van der Waals surface area contributed by atoms with E-state index in [9.17, 15) is 9.59 Å². The van der Waals surface area contributed by atoms with Gasteiger partial charge in [-0.15, -0.1) is 0 Å². The molecule has 5 rings (SSSR count). The molecule has 0 unspecified atom stereocenters. The quantitative estimate of drug-likeness (QED) is 0.425. The number of hydrogen-bond acceptors (Lipinski definition) is 4. The van der Waals surface area contributed by atoms with E-state index in [1.807, 2.05) is 30.3 Å². The Morgan fingerprint density at radius 3 is 2.31 bits per heavy atom. The fourth-order valence-electron chi connectivity index (χ4n) is 4.35. The number of carbonyl (C=O) groups is 2. The van der Waals surface area contributed by atoms with Gasteiger partial charge in [0, 0.05) is 15.1 Å². The van der Waals surface area contributed by atoms with E-state index in [4.69, 9.17) is 39.6 Å². The zero-order valence-corrected chi connectivity index (χ0v) is 19.1. The SMILES string of the molecule is Cc1c(Cl)cccc1N1C(=O)[C@H]2[C@@H](c3ccc(Cl)cc3Cl)N(c3ccccc3)O[C@H]2C1=O. The minimum atomic E-state index is -0.988. The fourth-order valence-corrected chi connectivity index (χ4v) is 5.04. The van der Waals surface area contributed by atoms with Crippen LogP contribution in [0.1, 0.15) is 17.2 Å². The third kappa shape index (κ3) is 3.28. The Labute approximate surface area is 200 Å². The van der Waals surface area contributed by atoms with Gasteiger partial charge in [-0.2, -0.15) is 0 Å². The minimum Gasteiger partial charge on any atom is -0.273 e. The molecule has 162 valence electrons. The Hall–Kier alpha value is -2.57. The van der Waals surface area contributed by atoms with E-state index < -0.39 is 24.0 Å². The second kappa shape index (κ2) is 8.09. The summed E-state index contributed by atoms with van der Waals surface area (Å²) < 4.78 is 0. The lowest BCUT2D eigenvalue weighted by Gasteiger charge is -2.29. The van der Waals surface area contributed by atoms with Crippen LogP contribution in [0.15, 0.2) is 66.7 Å². The summed E-state index contributed by atoms with van der Waals surface area (Å²) in [7, 11) is 0. The largest absolute Gasteiger partial charge is 0.273 e. The molecule has 0 spiro atoms. The van der Waals surface area contributed by atoms with Crippen LogP contribution in [0.4, 0.5) is 11.4 Å². The van der Waals surface area contributed by atoms with E-state index in [1.165, 1.54) is 4.90 Å². The number of anilines is 2. The Bertz CT molecular complexity index is 1230. The second-order valence-electron chi connectivity index (χ2n) is 7.72. The lowest BCUT2D eigenvalue weighted by atomic mass is 9.90. The summed E-state index contributed by atoms with van der Waals surface area (Å²) >= 11 is 18.9. The lowest BCUT2D eigenvalue weighted by Crippen LogP contribution is -2.37. The van der Waals surface area contributed by atoms with Gasteiger partial charge >= 0.3 is 0 Å². The van der Waals surface area contributed by atoms with Crippen LogP contribution < -0.4 is 9.96 Å². The Balaban J connectivity index is 1.63. The number of amides is 2. The molecular formula is C24H17Cl3N2O3. The molecular weight excluding hydrogens is 471 g/mol. The first-order valence-electron chi connectivity index (χ1n) is 9.97. The number of nitrogens with zero attached hydrogens (tertiary/aromatic N) is 2. The molecule has 0 aromatic heterocycles. The van der Waals surface area contributed by atoms with Crippen molar-refractivity contribution < 1.29 is 14.4 Å². The van der Waals surface area contributed by atoms with Gasteiger partial charge in [0.1, 0.15) is 5.92 Å². The molecule has 5 nitrogen and oxygen atoms in total. The first-order valence-corrected chi connectivity index (χ1v) is 11.1. The highest BCUT2D eigenvalue weighted by Gasteiger charge is 2.60. The molecule has 2 aliphatic heterocycles. The molecule has 0 saturated carbocycles. The zero-order chi connectivity index (χ0) is 22.6. The Morgan fingerprint density at radius 2 is 1.59 bits per heavy atom. The molecule has 0 radical (unpaired) electrons. The predicted molar refractivity (Wildman–Crippen MR) is 125 cm³/mol. The summed E-state index contributed by atoms with van der Waals surface area (Å²) in [6, 6.07) is 18.9. The van der Waals surface area contributed by atoms with Gasteiger partial charge in [0.25, 0.3) is 5.91 Å². The average Bonchev–Trinajstić information content (AvgIpc) is 3.27. The third-order valence-corrected chi connectivity index (χ3v) is 6.86. The van der Waals surface area contributed by atoms with Crippen molar-refractivity contribution in [2.75, 3.05) is 9.96 Å². The number of benzene rings is 3. The summed E-state index contributed by atoms with van der Waals surface area (Å²) in [5, 5.41) is 2.95. The zero-order valence-electron chi connectivity index (χ0n) is 16.8. The van der Waals surface area contributed by atoms with Crippen LogP contribution in [0.5, 0.6) is 0 Å². The number of fused-ring (bicyclic) bond motifs is 1. The van der Waals surface area contributed by atoms with Crippen molar-refractivity contribution in [3.63, 3.8) is 0 Å². The molecule has 3 atom stereocenters. The van der Waals surface area contributed by atoms with Gasteiger partial charge in [0.05, 0.1) is 17.4 Å². The van der Waals surface area contributed by atoms with Gasteiger partial charge in [-0.05, 0) is 54.4 Å². The van der Waals surface area contributed by atoms with E-state index in [-0.39, 0.29) is 5.91 Å². The molecule has 3 aromatic carbocycles. The first kappa shape index (κ1) is 21.3. The fraction of sp³-hybridized carbons (Fsp3) is 0.167. The second-order valence-corrected chi connectivity index (χ2v) is 8.97. The molecule has 0 N–H and O–H groups in total. The minimum absolute atomic E-state index is 0.361. The van der Waals surface area contributed by atoms with Crippen molar-refractivity contribution >= 4 is 58.0 Å². The normalized spacial score (nSPS) is 22.6. The standard InChI is InChI=1S/C24H17Cl3N2O3/c1-13-17(26)8-5-9-19(13)28-23(30)20-21(16-11-10-14(25)12-18(16)27)29(32-22(20)24(28)31)15-6-3-2-4-7-15/h2-12,20-22H,1H3/t20-,21+,22+/m0/s1. The number of para-hydroxylation sites is 1. The van der Waals surface area contributed by atoms with E-state index >= 15 is 0 Å². The highest BCUT2D eigenvalue weighted by atomic mass is 35.5. The van der Waals surface area contributed by atoms with Crippen molar-refractivity contribution in [2.24, 2.45) is 5.92 Å². The number of imide groups is 1. The van der Waals surface area contributed by atoms with Crippen LogP contribution in [0, 0.1) is 12.8 Å². The van der Waals surface area contributed by atoms with Crippen molar-refractivity contribution in [3.05, 3.63) is 92.9 Å². The Kier molecular flexibility index (Phi) is 5.38. The average molecular weight is 488 g/mol. The van der Waals surface area contributed by atoms with Crippen LogP contribution in [0.25, 0.3) is 0 Å². The van der Waals surface area contributed by atoms with Crippen LogP contribution in [0.2, 0.25) is 15.1 Å².